The third kappa shape index (κ3) is 5.30. The lowest BCUT2D eigenvalue weighted by atomic mass is 10.0. The third-order valence-electron chi connectivity index (χ3n) is 6.39. The van der Waals surface area contributed by atoms with Crippen molar-refractivity contribution in [1.29, 1.82) is 0 Å². The molecule has 170 valence electrons. The van der Waals surface area contributed by atoms with E-state index in [0.29, 0.717) is 38.0 Å². The number of anilines is 1. The molecule has 0 spiro atoms. The van der Waals surface area contributed by atoms with Gasteiger partial charge in [-0.3, -0.25) is 14.5 Å². The number of piperidine rings is 2. The number of carbonyl (C=O) groups is 2. The van der Waals surface area contributed by atoms with Crippen molar-refractivity contribution in [2.45, 2.75) is 38.1 Å². The first-order chi connectivity index (χ1) is 15.5. The van der Waals surface area contributed by atoms with Crippen molar-refractivity contribution in [3.8, 4) is 0 Å². The van der Waals surface area contributed by atoms with Crippen LogP contribution in [-0.2, 0) is 4.79 Å². The Kier molecular flexibility index (Phi) is 7.43. The summed E-state index contributed by atoms with van der Waals surface area (Å²) in [6, 6.07) is 14.0. The Labute approximate surface area is 193 Å². The highest BCUT2D eigenvalue weighted by Crippen LogP contribution is 2.26. The highest BCUT2D eigenvalue weighted by molar-refractivity contribution is 6.30. The van der Waals surface area contributed by atoms with Crippen LogP contribution in [0.1, 0.15) is 42.5 Å². The lowest BCUT2D eigenvalue weighted by Crippen LogP contribution is -2.51. The Morgan fingerprint density at radius 1 is 0.969 bits per heavy atom. The number of likely N-dealkylation sites (tertiary alicyclic amines) is 2. The first kappa shape index (κ1) is 22.7. The fourth-order valence-corrected chi connectivity index (χ4v) is 4.79. The maximum atomic E-state index is 13.8. The van der Waals surface area contributed by atoms with Gasteiger partial charge in [0.2, 0.25) is 5.91 Å². The zero-order valence-corrected chi connectivity index (χ0v) is 18.9. The molecule has 2 aliphatic rings. The maximum absolute atomic E-state index is 13.8. The number of rotatable bonds is 5. The summed E-state index contributed by atoms with van der Waals surface area (Å²) in [6.45, 7) is 3.41. The monoisotopic (exact) mass is 457 g/mol. The van der Waals surface area contributed by atoms with Crippen LogP contribution in [0.2, 0.25) is 5.02 Å². The van der Waals surface area contributed by atoms with E-state index in [9.17, 15) is 14.0 Å². The molecule has 2 heterocycles. The Morgan fingerprint density at radius 3 is 2.31 bits per heavy atom. The fourth-order valence-electron chi connectivity index (χ4n) is 4.67. The van der Waals surface area contributed by atoms with Crippen molar-refractivity contribution in [3.63, 3.8) is 0 Å². The van der Waals surface area contributed by atoms with Crippen LogP contribution in [0, 0.1) is 5.82 Å². The number of carbonyl (C=O) groups excluding carboxylic acids is 2. The molecule has 0 N–H and O–H groups in total. The van der Waals surface area contributed by atoms with Crippen molar-refractivity contribution in [3.05, 3.63) is 64.9 Å². The predicted molar refractivity (Wildman–Crippen MR) is 125 cm³/mol. The van der Waals surface area contributed by atoms with Crippen LogP contribution >= 0.6 is 11.6 Å². The van der Waals surface area contributed by atoms with Crippen LogP contribution in [0.5, 0.6) is 0 Å². The van der Waals surface area contributed by atoms with Crippen LogP contribution in [0.4, 0.5) is 10.1 Å². The molecular formula is C25H29ClFN3O2. The molecule has 0 atom stereocenters. The van der Waals surface area contributed by atoms with Gasteiger partial charge in [-0.15, -0.1) is 0 Å². The SMILES string of the molecule is O=C(c1ccc(Cl)c(F)c1)N1CCC(N(C(=O)CN2CCCCC2)c2ccccc2)CC1. The quantitative estimate of drug-likeness (QED) is 0.659. The van der Waals surface area contributed by atoms with Gasteiger partial charge in [-0.05, 0) is 69.1 Å². The molecule has 2 aliphatic heterocycles. The summed E-state index contributed by atoms with van der Waals surface area (Å²) in [5.41, 5.74) is 1.20. The van der Waals surface area contributed by atoms with Gasteiger partial charge < -0.3 is 9.80 Å². The molecule has 0 saturated carbocycles. The van der Waals surface area contributed by atoms with Crippen molar-refractivity contribution in [1.82, 2.24) is 9.80 Å². The summed E-state index contributed by atoms with van der Waals surface area (Å²) < 4.78 is 13.8. The highest BCUT2D eigenvalue weighted by atomic mass is 35.5. The van der Waals surface area contributed by atoms with Crippen LogP contribution in [0.15, 0.2) is 48.5 Å². The fraction of sp³-hybridized carbons (Fsp3) is 0.440. The number of hydrogen-bond donors (Lipinski definition) is 0. The molecule has 0 bridgehead atoms. The van der Waals surface area contributed by atoms with Gasteiger partial charge in [0.05, 0.1) is 11.6 Å². The van der Waals surface area contributed by atoms with Gasteiger partial charge in [0.1, 0.15) is 5.82 Å². The van der Waals surface area contributed by atoms with Crippen LogP contribution in [0.25, 0.3) is 0 Å². The second kappa shape index (κ2) is 10.5. The summed E-state index contributed by atoms with van der Waals surface area (Å²) in [7, 11) is 0. The summed E-state index contributed by atoms with van der Waals surface area (Å²) >= 11 is 5.74. The average Bonchev–Trinajstić information content (AvgIpc) is 2.82. The molecule has 2 amide bonds. The van der Waals surface area contributed by atoms with E-state index in [1.165, 1.54) is 18.6 Å². The summed E-state index contributed by atoms with van der Waals surface area (Å²) in [5, 5.41) is 0.00554. The van der Waals surface area contributed by atoms with Crippen LogP contribution in [-0.4, -0.2) is 60.4 Å². The lowest BCUT2D eigenvalue weighted by molar-refractivity contribution is -0.120. The number of nitrogens with zero attached hydrogens (tertiary/aromatic N) is 3. The van der Waals surface area contributed by atoms with E-state index < -0.39 is 5.82 Å². The van der Waals surface area contributed by atoms with E-state index in [1.54, 1.807) is 11.0 Å². The Hall–Kier alpha value is -2.44. The molecule has 0 aliphatic carbocycles. The van der Waals surface area contributed by atoms with Gasteiger partial charge >= 0.3 is 0 Å². The molecule has 2 fully saturated rings. The number of para-hydroxylation sites is 1. The van der Waals surface area contributed by atoms with E-state index in [4.69, 9.17) is 11.6 Å². The second-order valence-corrected chi connectivity index (χ2v) is 9.00. The molecule has 7 heteroatoms. The number of benzene rings is 2. The van der Waals surface area contributed by atoms with Gasteiger partial charge in [0.15, 0.2) is 0 Å². The maximum Gasteiger partial charge on any atom is 0.253 e. The van der Waals surface area contributed by atoms with Crippen molar-refractivity contribution in [2.24, 2.45) is 0 Å². The Balaban J connectivity index is 1.44. The third-order valence-corrected chi connectivity index (χ3v) is 6.70. The normalized spacial score (nSPS) is 17.9. The molecule has 2 aromatic carbocycles. The molecule has 5 nitrogen and oxygen atoms in total. The standard InChI is InChI=1S/C25H29ClFN3O2/c26-22-10-9-19(17-23(22)27)25(32)29-15-11-21(12-16-29)30(20-7-3-1-4-8-20)24(31)18-28-13-5-2-6-14-28/h1,3-4,7-10,17,21H,2,5-6,11-16,18H2. The van der Waals surface area contributed by atoms with E-state index in [2.05, 4.69) is 4.90 Å². The topological polar surface area (TPSA) is 43.9 Å². The van der Waals surface area contributed by atoms with Gasteiger partial charge in [0, 0.05) is 30.4 Å². The average molecular weight is 458 g/mol. The molecular weight excluding hydrogens is 429 g/mol. The van der Waals surface area contributed by atoms with Crippen LogP contribution < -0.4 is 4.90 Å². The van der Waals surface area contributed by atoms with Gasteiger partial charge in [0.25, 0.3) is 5.91 Å². The first-order valence-corrected chi connectivity index (χ1v) is 11.7. The minimum atomic E-state index is -0.592. The summed E-state index contributed by atoms with van der Waals surface area (Å²) in [5.74, 6) is -0.682. The predicted octanol–water partition coefficient (Wildman–Crippen LogP) is 4.60. The second-order valence-electron chi connectivity index (χ2n) is 8.59. The first-order valence-electron chi connectivity index (χ1n) is 11.4. The number of halogens is 2. The number of amides is 2. The minimum absolute atomic E-state index is 0.00554. The van der Waals surface area contributed by atoms with E-state index in [-0.39, 0.29) is 22.9 Å². The largest absolute Gasteiger partial charge is 0.338 e. The van der Waals surface area contributed by atoms with Crippen molar-refractivity contribution >= 4 is 29.1 Å². The summed E-state index contributed by atoms with van der Waals surface area (Å²) in [6.07, 6.45) is 4.89. The molecule has 2 saturated heterocycles. The molecule has 4 rings (SSSR count). The highest BCUT2D eigenvalue weighted by Gasteiger charge is 2.32. The van der Waals surface area contributed by atoms with E-state index in [1.807, 2.05) is 35.2 Å². The summed E-state index contributed by atoms with van der Waals surface area (Å²) in [4.78, 5) is 32.1. The molecule has 0 radical (unpaired) electrons. The molecule has 0 unspecified atom stereocenters. The van der Waals surface area contributed by atoms with Gasteiger partial charge in [-0.1, -0.05) is 36.2 Å². The minimum Gasteiger partial charge on any atom is -0.338 e. The van der Waals surface area contributed by atoms with Crippen LogP contribution in [0.3, 0.4) is 0 Å². The van der Waals surface area contributed by atoms with E-state index >= 15 is 0 Å². The van der Waals surface area contributed by atoms with Crippen molar-refractivity contribution in [2.75, 3.05) is 37.6 Å². The lowest BCUT2D eigenvalue weighted by Gasteiger charge is -2.39. The zero-order valence-electron chi connectivity index (χ0n) is 18.2. The zero-order chi connectivity index (χ0) is 22.5. The Bertz CT molecular complexity index is 941. The number of hydrogen-bond acceptors (Lipinski definition) is 3. The van der Waals surface area contributed by atoms with Crippen molar-refractivity contribution < 1.29 is 14.0 Å². The molecule has 32 heavy (non-hydrogen) atoms. The van der Waals surface area contributed by atoms with Gasteiger partial charge in [-0.2, -0.15) is 0 Å². The molecule has 0 aromatic heterocycles. The smallest absolute Gasteiger partial charge is 0.253 e. The van der Waals surface area contributed by atoms with E-state index in [0.717, 1.165) is 31.6 Å². The van der Waals surface area contributed by atoms with Gasteiger partial charge in [-0.25, -0.2) is 4.39 Å². The Morgan fingerprint density at radius 2 is 1.66 bits per heavy atom. The molecule has 2 aromatic rings.